The van der Waals surface area contributed by atoms with Crippen LogP contribution in [0.2, 0.25) is 0 Å². The molecule has 0 aliphatic carbocycles. The molecule has 1 aliphatic rings. The van der Waals surface area contributed by atoms with Crippen molar-refractivity contribution in [1.82, 2.24) is 10.2 Å². The van der Waals surface area contributed by atoms with Crippen molar-refractivity contribution in [2.24, 2.45) is 0 Å². The number of para-hydroxylation sites is 1. The lowest BCUT2D eigenvalue weighted by Gasteiger charge is -2.36. The number of benzene rings is 2. The number of alkyl halides is 2. The van der Waals surface area contributed by atoms with Gasteiger partial charge in [0.25, 0.3) is 5.91 Å². The smallest absolute Gasteiger partial charge is 0.387 e. The number of nitrogens with zero attached hydrogens (tertiary/aromatic N) is 2. The summed E-state index contributed by atoms with van der Waals surface area (Å²) in [6.45, 7) is -0.651. The number of ether oxygens (including phenoxy) is 1. The monoisotopic (exact) mass is 421 g/mol. The molecular formula is C21H22F3N3O3. The second kappa shape index (κ2) is 10.00. The second-order valence-electron chi connectivity index (χ2n) is 6.72. The molecule has 1 N–H and O–H groups in total. The van der Waals surface area contributed by atoms with Crippen LogP contribution in [0.25, 0.3) is 0 Å². The molecular weight excluding hydrogens is 399 g/mol. The lowest BCUT2D eigenvalue weighted by atomic mass is 10.2. The molecule has 2 aromatic rings. The van der Waals surface area contributed by atoms with Crippen LogP contribution in [-0.4, -0.2) is 56.0 Å². The first kappa shape index (κ1) is 21.5. The highest BCUT2D eigenvalue weighted by Crippen LogP contribution is 2.20. The summed E-state index contributed by atoms with van der Waals surface area (Å²) in [4.78, 5) is 28.4. The van der Waals surface area contributed by atoms with E-state index in [0.29, 0.717) is 26.2 Å². The van der Waals surface area contributed by atoms with Gasteiger partial charge in [0.2, 0.25) is 5.91 Å². The van der Waals surface area contributed by atoms with E-state index in [-0.39, 0.29) is 36.0 Å². The van der Waals surface area contributed by atoms with Gasteiger partial charge in [-0.1, -0.05) is 12.1 Å². The van der Waals surface area contributed by atoms with E-state index < -0.39 is 12.5 Å². The number of piperazine rings is 1. The van der Waals surface area contributed by atoms with Crippen LogP contribution in [-0.2, 0) is 4.79 Å². The van der Waals surface area contributed by atoms with E-state index in [4.69, 9.17) is 0 Å². The molecule has 1 fully saturated rings. The van der Waals surface area contributed by atoms with Gasteiger partial charge >= 0.3 is 6.61 Å². The van der Waals surface area contributed by atoms with Gasteiger partial charge in [-0.2, -0.15) is 8.78 Å². The number of anilines is 1. The van der Waals surface area contributed by atoms with E-state index in [1.165, 1.54) is 30.3 Å². The zero-order valence-corrected chi connectivity index (χ0v) is 16.2. The largest absolute Gasteiger partial charge is 0.434 e. The maximum absolute atomic E-state index is 13.0. The lowest BCUT2D eigenvalue weighted by Crippen LogP contribution is -2.49. The third kappa shape index (κ3) is 5.65. The summed E-state index contributed by atoms with van der Waals surface area (Å²) >= 11 is 0. The van der Waals surface area contributed by atoms with Crippen molar-refractivity contribution in [2.75, 3.05) is 37.6 Å². The van der Waals surface area contributed by atoms with Crippen LogP contribution in [0.3, 0.4) is 0 Å². The van der Waals surface area contributed by atoms with Crippen molar-refractivity contribution in [3.63, 3.8) is 0 Å². The minimum atomic E-state index is -3.03. The van der Waals surface area contributed by atoms with E-state index in [1.54, 1.807) is 23.1 Å². The molecule has 0 radical (unpaired) electrons. The van der Waals surface area contributed by atoms with E-state index in [1.807, 2.05) is 0 Å². The molecule has 1 saturated heterocycles. The minimum absolute atomic E-state index is 0.0156. The Balaban J connectivity index is 1.44. The normalized spacial score (nSPS) is 14.0. The molecule has 0 aromatic heterocycles. The summed E-state index contributed by atoms with van der Waals surface area (Å²) in [5.41, 5.74) is 0.888. The van der Waals surface area contributed by atoms with Crippen molar-refractivity contribution in [3.05, 3.63) is 59.9 Å². The van der Waals surface area contributed by atoms with Crippen LogP contribution < -0.4 is 15.0 Å². The summed E-state index contributed by atoms with van der Waals surface area (Å²) < 4.78 is 42.3. The molecule has 0 saturated carbocycles. The number of hydrogen-bond acceptors (Lipinski definition) is 4. The Kier molecular flexibility index (Phi) is 7.16. The first-order chi connectivity index (χ1) is 14.4. The quantitative estimate of drug-likeness (QED) is 0.747. The fourth-order valence-electron chi connectivity index (χ4n) is 3.26. The van der Waals surface area contributed by atoms with Gasteiger partial charge in [0.15, 0.2) is 0 Å². The van der Waals surface area contributed by atoms with E-state index in [2.05, 4.69) is 15.0 Å². The van der Waals surface area contributed by atoms with E-state index in [9.17, 15) is 22.8 Å². The van der Waals surface area contributed by atoms with Gasteiger partial charge in [-0.05, 0) is 36.4 Å². The Bertz CT molecular complexity index is 869. The Morgan fingerprint density at radius 2 is 1.67 bits per heavy atom. The number of carbonyl (C=O) groups excluding carboxylic acids is 2. The zero-order valence-electron chi connectivity index (χ0n) is 16.2. The van der Waals surface area contributed by atoms with Crippen molar-refractivity contribution in [2.45, 2.75) is 13.0 Å². The SMILES string of the molecule is O=C(NCCC(=O)N1CCN(c2ccc(F)cc2)CC1)c1ccccc1OC(F)F. The Hall–Kier alpha value is -3.23. The lowest BCUT2D eigenvalue weighted by molar-refractivity contribution is -0.131. The van der Waals surface area contributed by atoms with Crippen molar-refractivity contribution in [3.8, 4) is 5.75 Å². The van der Waals surface area contributed by atoms with Crippen LogP contribution >= 0.6 is 0 Å². The molecule has 3 rings (SSSR count). The molecule has 1 aliphatic heterocycles. The van der Waals surface area contributed by atoms with Crippen LogP contribution in [0.15, 0.2) is 48.5 Å². The van der Waals surface area contributed by atoms with E-state index >= 15 is 0 Å². The van der Waals surface area contributed by atoms with Gasteiger partial charge in [0.05, 0.1) is 5.56 Å². The standard InChI is InChI=1S/C21H22F3N3O3/c22-15-5-7-16(8-6-15)26-11-13-27(14-12-26)19(28)9-10-25-20(29)17-3-1-2-4-18(17)30-21(23)24/h1-8,21H,9-14H2,(H,25,29). The molecule has 30 heavy (non-hydrogen) atoms. The first-order valence-electron chi connectivity index (χ1n) is 9.54. The number of carbonyl (C=O) groups is 2. The minimum Gasteiger partial charge on any atom is -0.434 e. The van der Waals surface area contributed by atoms with Gasteiger partial charge in [-0.25, -0.2) is 4.39 Å². The third-order valence-electron chi connectivity index (χ3n) is 4.80. The Morgan fingerprint density at radius 1 is 1.00 bits per heavy atom. The number of rotatable bonds is 7. The molecule has 6 nitrogen and oxygen atoms in total. The Labute approximate surface area is 172 Å². The summed E-state index contributed by atoms with van der Waals surface area (Å²) in [5.74, 6) is -1.20. The van der Waals surface area contributed by atoms with Crippen LogP contribution in [0.4, 0.5) is 18.9 Å². The zero-order chi connectivity index (χ0) is 21.5. The average molecular weight is 421 g/mol. The van der Waals surface area contributed by atoms with Crippen molar-refractivity contribution < 1.29 is 27.5 Å². The fourth-order valence-corrected chi connectivity index (χ4v) is 3.26. The number of hydrogen-bond donors (Lipinski definition) is 1. The van der Waals surface area contributed by atoms with Gasteiger partial charge in [-0.3, -0.25) is 9.59 Å². The molecule has 0 atom stereocenters. The molecule has 1 heterocycles. The predicted molar refractivity (Wildman–Crippen MR) is 105 cm³/mol. The van der Waals surface area contributed by atoms with Gasteiger partial charge in [0.1, 0.15) is 11.6 Å². The van der Waals surface area contributed by atoms with E-state index in [0.717, 1.165) is 5.69 Å². The number of halogens is 3. The average Bonchev–Trinajstić information content (AvgIpc) is 2.74. The van der Waals surface area contributed by atoms with Crippen molar-refractivity contribution in [1.29, 1.82) is 0 Å². The Morgan fingerprint density at radius 3 is 2.33 bits per heavy atom. The summed E-state index contributed by atoms with van der Waals surface area (Å²) in [5, 5.41) is 2.57. The first-order valence-corrected chi connectivity index (χ1v) is 9.54. The maximum atomic E-state index is 13.0. The van der Waals surface area contributed by atoms with Crippen LogP contribution in [0.1, 0.15) is 16.8 Å². The van der Waals surface area contributed by atoms with Crippen molar-refractivity contribution >= 4 is 17.5 Å². The second-order valence-corrected chi connectivity index (χ2v) is 6.72. The molecule has 0 unspecified atom stereocenters. The molecule has 2 amide bonds. The molecule has 160 valence electrons. The molecule has 0 bridgehead atoms. The number of nitrogens with one attached hydrogen (secondary N) is 1. The van der Waals surface area contributed by atoms with Gasteiger partial charge < -0.3 is 19.9 Å². The molecule has 0 spiro atoms. The maximum Gasteiger partial charge on any atom is 0.387 e. The van der Waals surface area contributed by atoms with Gasteiger partial charge in [0, 0.05) is 44.8 Å². The number of amides is 2. The highest BCUT2D eigenvalue weighted by Gasteiger charge is 2.21. The molecule has 9 heteroatoms. The third-order valence-corrected chi connectivity index (χ3v) is 4.80. The molecule has 2 aromatic carbocycles. The fraction of sp³-hybridized carbons (Fsp3) is 0.333. The highest BCUT2D eigenvalue weighted by molar-refractivity contribution is 5.97. The topological polar surface area (TPSA) is 61.9 Å². The highest BCUT2D eigenvalue weighted by atomic mass is 19.3. The summed E-state index contributed by atoms with van der Waals surface area (Å²) in [7, 11) is 0. The summed E-state index contributed by atoms with van der Waals surface area (Å²) in [6, 6.07) is 11.9. The van der Waals surface area contributed by atoms with Crippen LogP contribution in [0, 0.1) is 5.82 Å². The summed E-state index contributed by atoms with van der Waals surface area (Å²) in [6.07, 6.45) is 0.0974. The van der Waals surface area contributed by atoms with Crippen LogP contribution in [0.5, 0.6) is 5.75 Å². The predicted octanol–water partition coefficient (Wildman–Crippen LogP) is 2.90. The van der Waals surface area contributed by atoms with Gasteiger partial charge in [-0.15, -0.1) is 0 Å².